The number of hydrogen-bond acceptors (Lipinski definition) is 2. The average Bonchev–Trinajstić information content (AvgIpc) is 2.94. The standard InChI is InChI=1S/C12H11BrO2/c1-12(8-15-12)11(14)6-5-9-3-2-4-10(13)7-9/h2-7H,8H2,1H3/b6-5+/t12-/m1/s1. The van der Waals surface area contributed by atoms with Crippen molar-refractivity contribution >= 4 is 27.8 Å². The highest BCUT2D eigenvalue weighted by Gasteiger charge is 2.45. The van der Waals surface area contributed by atoms with Crippen molar-refractivity contribution < 1.29 is 9.53 Å². The molecular weight excluding hydrogens is 256 g/mol. The Balaban J connectivity index is 2.08. The molecule has 15 heavy (non-hydrogen) atoms. The van der Waals surface area contributed by atoms with E-state index in [0.29, 0.717) is 6.61 Å². The van der Waals surface area contributed by atoms with Crippen molar-refractivity contribution in [1.29, 1.82) is 0 Å². The lowest BCUT2D eigenvalue weighted by molar-refractivity contribution is -0.118. The molecule has 0 unspecified atom stereocenters. The number of ether oxygens (including phenoxy) is 1. The molecule has 1 heterocycles. The predicted octanol–water partition coefficient (Wildman–Crippen LogP) is 2.82. The first kappa shape index (κ1) is 10.6. The van der Waals surface area contributed by atoms with Crippen LogP contribution in [0.15, 0.2) is 34.8 Å². The molecular formula is C12H11BrO2. The maximum Gasteiger partial charge on any atom is 0.189 e. The number of ketones is 1. The van der Waals surface area contributed by atoms with Crippen LogP contribution in [0.3, 0.4) is 0 Å². The summed E-state index contributed by atoms with van der Waals surface area (Å²) < 4.78 is 6.07. The number of rotatable bonds is 3. The molecule has 0 spiro atoms. The molecule has 0 bridgehead atoms. The van der Waals surface area contributed by atoms with Crippen LogP contribution in [-0.4, -0.2) is 18.0 Å². The van der Waals surface area contributed by atoms with Gasteiger partial charge in [-0.15, -0.1) is 0 Å². The third-order valence-corrected chi connectivity index (χ3v) is 2.87. The van der Waals surface area contributed by atoms with Gasteiger partial charge in [0, 0.05) is 4.47 Å². The molecule has 78 valence electrons. The number of carbonyl (C=O) groups excluding carboxylic acids is 1. The molecule has 0 saturated carbocycles. The third-order valence-electron chi connectivity index (χ3n) is 2.37. The second-order valence-corrected chi connectivity index (χ2v) is 4.69. The zero-order chi connectivity index (χ0) is 10.9. The van der Waals surface area contributed by atoms with Gasteiger partial charge in [0.25, 0.3) is 0 Å². The van der Waals surface area contributed by atoms with E-state index in [2.05, 4.69) is 15.9 Å². The third kappa shape index (κ3) is 2.55. The normalized spacial score (nSPS) is 24.4. The summed E-state index contributed by atoms with van der Waals surface area (Å²) in [7, 11) is 0. The molecule has 0 N–H and O–H groups in total. The Hall–Kier alpha value is -0.930. The van der Waals surface area contributed by atoms with Crippen LogP contribution in [0.2, 0.25) is 0 Å². The van der Waals surface area contributed by atoms with E-state index in [1.54, 1.807) is 19.1 Å². The second-order valence-electron chi connectivity index (χ2n) is 3.77. The Bertz CT molecular complexity index is 419. The predicted molar refractivity (Wildman–Crippen MR) is 62.5 cm³/mol. The molecule has 2 rings (SSSR count). The van der Waals surface area contributed by atoms with Crippen molar-refractivity contribution in [2.45, 2.75) is 12.5 Å². The van der Waals surface area contributed by atoms with E-state index in [4.69, 9.17) is 4.74 Å². The van der Waals surface area contributed by atoms with Crippen LogP contribution in [0.25, 0.3) is 6.08 Å². The average molecular weight is 267 g/mol. The molecule has 1 atom stereocenters. The highest BCUT2D eigenvalue weighted by molar-refractivity contribution is 9.10. The van der Waals surface area contributed by atoms with E-state index in [9.17, 15) is 4.79 Å². The Morgan fingerprint density at radius 3 is 2.93 bits per heavy atom. The topological polar surface area (TPSA) is 29.6 Å². The summed E-state index contributed by atoms with van der Waals surface area (Å²) >= 11 is 3.38. The number of hydrogen-bond donors (Lipinski definition) is 0. The quantitative estimate of drug-likeness (QED) is 0.622. The first-order valence-electron chi connectivity index (χ1n) is 4.72. The number of epoxide rings is 1. The lowest BCUT2D eigenvalue weighted by Crippen LogP contribution is -2.17. The van der Waals surface area contributed by atoms with Crippen LogP contribution in [-0.2, 0) is 9.53 Å². The fraction of sp³-hybridized carbons (Fsp3) is 0.250. The highest BCUT2D eigenvalue weighted by Crippen LogP contribution is 2.27. The molecule has 0 aliphatic carbocycles. The Morgan fingerprint density at radius 1 is 1.60 bits per heavy atom. The minimum atomic E-state index is -0.553. The van der Waals surface area contributed by atoms with Gasteiger partial charge in [-0.25, -0.2) is 0 Å². The number of carbonyl (C=O) groups is 1. The van der Waals surface area contributed by atoms with Crippen molar-refractivity contribution in [3.05, 3.63) is 40.4 Å². The van der Waals surface area contributed by atoms with Gasteiger partial charge in [0.05, 0.1) is 6.61 Å². The van der Waals surface area contributed by atoms with E-state index >= 15 is 0 Å². The highest BCUT2D eigenvalue weighted by atomic mass is 79.9. The van der Waals surface area contributed by atoms with Crippen molar-refractivity contribution in [1.82, 2.24) is 0 Å². The van der Waals surface area contributed by atoms with Gasteiger partial charge in [-0.1, -0.05) is 34.1 Å². The molecule has 1 aromatic carbocycles. The Labute approximate surface area is 97.1 Å². The lowest BCUT2D eigenvalue weighted by Gasteiger charge is -1.98. The van der Waals surface area contributed by atoms with Crippen molar-refractivity contribution in [3.63, 3.8) is 0 Å². The summed E-state index contributed by atoms with van der Waals surface area (Å²) in [4.78, 5) is 11.6. The Morgan fingerprint density at radius 2 is 2.33 bits per heavy atom. The lowest BCUT2D eigenvalue weighted by atomic mass is 10.1. The van der Waals surface area contributed by atoms with Crippen LogP contribution in [0, 0.1) is 0 Å². The van der Waals surface area contributed by atoms with Gasteiger partial charge in [0.2, 0.25) is 0 Å². The molecule has 1 fully saturated rings. The number of benzene rings is 1. The largest absolute Gasteiger partial charge is 0.361 e. The van der Waals surface area contributed by atoms with Gasteiger partial charge in [-0.05, 0) is 30.7 Å². The fourth-order valence-electron chi connectivity index (χ4n) is 1.21. The van der Waals surface area contributed by atoms with Crippen LogP contribution in [0.4, 0.5) is 0 Å². The Kier molecular flexibility index (Phi) is 2.76. The van der Waals surface area contributed by atoms with Crippen molar-refractivity contribution in [2.75, 3.05) is 6.61 Å². The maximum absolute atomic E-state index is 11.6. The van der Waals surface area contributed by atoms with Crippen LogP contribution < -0.4 is 0 Å². The summed E-state index contributed by atoms with van der Waals surface area (Å²) in [6.45, 7) is 2.34. The van der Waals surface area contributed by atoms with Crippen molar-refractivity contribution in [2.24, 2.45) is 0 Å². The SMILES string of the molecule is C[C@]1(C(=O)/C=C/c2cccc(Br)c2)CO1. The minimum absolute atomic E-state index is 0.0301. The summed E-state index contributed by atoms with van der Waals surface area (Å²) in [5, 5.41) is 0. The van der Waals surface area contributed by atoms with E-state index in [1.165, 1.54) is 0 Å². The molecule has 2 nitrogen and oxygen atoms in total. The first-order valence-corrected chi connectivity index (χ1v) is 5.51. The summed E-state index contributed by atoms with van der Waals surface area (Å²) in [6.07, 6.45) is 3.38. The summed E-state index contributed by atoms with van der Waals surface area (Å²) in [6, 6.07) is 7.79. The van der Waals surface area contributed by atoms with Crippen LogP contribution in [0.1, 0.15) is 12.5 Å². The minimum Gasteiger partial charge on any atom is -0.361 e. The molecule has 0 radical (unpaired) electrons. The molecule has 1 aliphatic rings. The monoisotopic (exact) mass is 266 g/mol. The fourth-order valence-corrected chi connectivity index (χ4v) is 1.63. The van der Waals surface area contributed by atoms with E-state index in [0.717, 1.165) is 10.0 Å². The molecule has 0 aromatic heterocycles. The van der Waals surface area contributed by atoms with Gasteiger partial charge in [-0.3, -0.25) is 4.79 Å². The van der Waals surface area contributed by atoms with E-state index < -0.39 is 5.60 Å². The van der Waals surface area contributed by atoms with Gasteiger partial charge in [-0.2, -0.15) is 0 Å². The first-order chi connectivity index (χ1) is 7.10. The molecule has 0 amide bonds. The number of halogens is 1. The maximum atomic E-state index is 11.6. The van der Waals surface area contributed by atoms with Crippen molar-refractivity contribution in [3.8, 4) is 0 Å². The van der Waals surface area contributed by atoms with Gasteiger partial charge in [0.1, 0.15) is 0 Å². The summed E-state index contributed by atoms with van der Waals surface area (Å²) in [5.74, 6) is 0.0301. The van der Waals surface area contributed by atoms with Crippen LogP contribution >= 0.6 is 15.9 Å². The zero-order valence-corrected chi connectivity index (χ0v) is 9.95. The molecule has 3 heteroatoms. The smallest absolute Gasteiger partial charge is 0.189 e. The molecule has 1 saturated heterocycles. The second kappa shape index (κ2) is 3.91. The van der Waals surface area contributed by atoms with Crippen LogP contribution in [0.5, 0.6) is 0 Å². The molecule has 1 aliphatic heterocycles. The van der Waals surface area contributed by atoms with E-state index in [-0.39, 0.29) is 5.78 Å². The van der Waals surface area contributed by atoms with E-state index in [1.807, 2.05) is 24.3 Å². The van der Waals surface area contributed by atoms with Gasteiger partial charge < -0.3 is 4.74 Å². The zero-order valence-electron chi connectivity index (χ0n) is 8.37. The van der Waals surface area contributed by atoms with Gasteiger partial charge >= 0.3 is 0 Å². The summed E-state index contributed by atoms with van der Waals surface area (Å²) in [5.41, 5.74) is 0.449. The van der Waals surface area contributed by atoms with Gasteiger partial charge in [0.15, 0.2) is 11.4 Å². The molecule has 1 aromatic rings.